The lowest BCUT2D eigenvalue weighted by molar-refractivity contribution is 0.174. The predicted molar refractivity (Wildman–Crippen MR) is 106 cm³/mol. The molecule has 134 valence electrons. The van der Waals surface area contributed by atoms with E-state index in [1.54, 1.807) is 28.9 Å². The minimum Gasteiger partial charge on any atom is -0.454 e. The zero-order valence-corrected chi connectivity index (χ0v) is 15.7. The van der Waals surface area contributed by atoms with Gasteiger partial charge in [0.05, 0.1) is 0 Å². The molecular formula is C19H14N4O2S2. The van der Waals surface area contributed by atoms with Crippen molar-refractivity contribution in [3.63, 3.8) is 0 Å². The topological polar surface area (TPSA) is 69.2 Å². The third kappa shape index (κ3) is 3.24. The lowest BCUT2D eigenvalue weighted by Gasteiger charge is -2.09. The molecule has 1 N–H and O–H groups in total. The fraction of sp³-hybridized carbons (Fsp3) is 0.105. The van der Waals surface area contributed by atoms with Gasteiger partial charge in [0.25, 0.3) is 0 Å². The van der Waals surface area contributed by atoms with E-state index in [1.807, 2.05) is 41.2 Å². The van der Waals surface area contributed by atoms with Gasteiger partial charge in [0.15, 0.2) is 11.5 Å². The Kier molecular flexibility index (Phi) is 4.19. The number of ether oxygens (including phenoxy) is 2. The van der Waals surface area contributed by atoms with E-state index >= 15 is 0 Å². The largest absolute Gasteiger partial charge is 0.454 e. The summed E-state index contributed by atoms with van der Waals surface area (Å²) >= 11 is 3.23. The smallest absolute Gasteiger partial charge is 0.231 e. The fourth-order valence-electron chi connectivity index (χ4n) is 2.81. The van der Waals surface area contributed by atoms with E-state index in [-0.39, 0.29) is 6.79 Å². The molecule has 0 unspecified atom stereocenters. The number of thiophene rings is 1. The van der Waals surface area contributed by atoms with Crippen molar-refractivity contribution in [2.24, 2.45) is 0 Å². The molecule has 0 bridgehead atoms. The molecule has 1 aromatic carbocycles. The Morgan fingerprint density at radius 3 is 2.85 bits per heavy atom. The Morgan fingerprint density at radius 2 is 2.00 bits per heavy atom. The summed E-state index contributed by atoms with van der Waals surface area (Å²) in [5.74, 6) is 2.12. The highest BCUT2D eigenvalue weighted by atomic mass is 32.1. The molecule has 3 aromatic heterocycles. The van der Waals surface area contributed by atoms with Crippen LogP contribution < -0.4 is 14.8 Å². The van der Waals surface area contributed by atoms with Crippen molar-refractivity contribution in [1.29, 1.82) is 0 Å². The van der Waals surface area contributed by atoms with Crippen molar-refractivity contribution in [3.05, 3.63) is 59.0 Å². The number of aromatic nitrogens is 3. The molecule has 6 nitrogen and oxygen atoms in total. The predicted octanol–water partition coefficient (Wildman–Crippen LogP) is 4.67. The lowest BCUT2D eigenvalue weighted by atomic mass is 10.2. The van der Waals surface area contributed by atoms with Crippen molar-refractivity contribution >= 4 is 28.6 Å². The number of hydrogen-bond acceptors (Lipinski definition) is 8. The van der Waals surface area contributed by atoms with Gasteiger partial charge in [0, 0.05) is 34.8 Å². The van der Waals surface area contributed by atoms with Crippen LogP contribution in [0.2, 0.25) is 0 Å². The number of fused-ring (bicyclic) bond motifs is 1. The molecule has 0 radical (unpaired) electrons. The SMILES string of the molecule is c1csc(-c2cnc(NCc3ccc4c(c3)OCO4)nc2-c2nccs2)c1. The fourth-order valence-corrected chi connectivity index (χ4v) is 4.19. The van der Waals surface area contributed by atoms with Crippen LogP contribution in [0.4, 0.5) is 5.95 Å². The van der Waals surface area contributed by atoms with E-state index in [0.29, 0.717) is 12.5 Å². The molecule has 0 saturated carbocycles. The Morgan fingerprint density at radius 1 is 1.04 bits per heavy atom. The Bertz CT molecular complexity index is 1070. The summed E-state index contributed by atoms with van der Waals surface area (Å²) in [7, 11) is 0. The maximum atomic E-state index is 5.43. The maximum Gasteiger partial charge on any atom is 0.231 e. The normalized spacial score (nSPS) is 12.3. The molecule has 8 heteroatoms. The average molecular weight is 394 g/mol. The lowest BCUT2D eigenvalue weighted by Crippen LogP contribution is -2.05. The zero-order chi connectivity index (χ0) is 18.1. The van der Waals surface area contributed by atoms with E-state index in [9.17, 15) is 0 Å². The molecule has 4 heterocycles. The minimum atomic E-state index is 0.274. The highest BCUT2D eigenvalue weighted by molar-refractivity contribution is 7.14. The van der Waals surface area contributed by atoms with E-state index < -0.39 is 0 Å². The quantitative estimate of drug-likeness (QED) is 0.530. The number of nitrogens with zero attached hydrogens (tertiary/aromatic N) is 3. The molecule has 0 aliphatic carbocycles. The molecule has 0 spiro atoms. The van der Waals surface area contributed by atoms with Crippen molar-refractivity contribution in [1.82, 2.24) is 15.0 Å². The molecule has 27 heavy (non-hydrogen) atoms. The number of thiazole rings is 1. The van der Waals surface area contributed by atoms with Crippen LogP contribution in [-0.2, 0) is 6.54 Å². The molecule has 5 rings (SSSR count). The van der Waals surface area contributed by atoms with Crippen LogP contribution in [0, 0.1) is 0 Å². The highest BCUT2D eigenvalue weighted by Crippen LogP contribution is 2.35. The zero-order valence-electron chi connectivity index (χ0n) is 14.1. The first-order chi connectivity index (χ1) is 13.4. The van der Waals surface area contributed by atoms with E-state index in [2.05, 4.69) is 21.4 Å². The van der Waals surface area contributed by atoms with Crippen molar-refractivity contribution in [2.45, 2.75) is 6.54 Å². The van der Waals surface area contributed by atoms with E-state index in [1.165, 1.54) is 0 Å². The molecule has 1 aliphatic heterocycles. The summed E-state index contributed by atoms with van der Waals surface area (Å²) in [6, 6.07) is 9.98. The van der Waals surface area contributed by atoms with Crippen LogP contribution in [0.25, 0.3) is 21.1 Å². The maximum absolute atomic E-state index is 5.43. The summed E-state index contributed by atoms with van der Waals surface area (Å²) in [4.78, 5) is 14.8. The summed E-state index contributed by atoms with van der Waals surface area (Å²) in [6.07, 6.45) is 3.65. The van der Waals surface area contributed by atoms with Crippen LogP contribution in [0.15, 0.2) is 53.5 Å². The number of nitrogens with one attached hydrogen (secondary N) is 1. The van der Waals surface area contributed by atoms with Gasteiger partial charge in [-0.3, -0.25) is 0 Å². The third-order valence-corrected chi connectivity index (χ3v) is 5.78. The Balaban J connectivity index is 1.42. The van der Waals surface area contributed by atoms with Crippen LogP contribution in [-0.4, -0.2) is 21.7 Å². The van der Waals surface area contributed by atoms with Gasteiger partial charge < -0.3 is 14.8 Å². The van der Waals surface area contributed by atoms with Crippen molar-refractivity contribution in [3.8, 4) is 32.6 Å². The second-order valence-corrected chi connectivity index (χ2v) is 7.65. The van der Waals surface area contributed by atoms with Gasteiger partial charge in [0.1, 0.15) is 10.7 Å². The van der Waals surface area contributed by atoms with Crippen LogP contribution >= 0.6 is 22.7 Å². The second-order valence-electron chi connectivity index (χ2n) is 5.81. The first kappa shape index (κ1) is 16.2. The first-order valence-corrected chi connectivity index (χ1v) is 10.1. The first-order valence-electron chi connectivity index (χ1n) is 8.30. The summed E-state index contributed by atoms with van der Waals surface area (Å²) < 4.78 is 10.8. The van der Waals surface area contributed by atoms with Crippen LogP contribution in [0.5, 0.6) is 11.5 Å². The summed E-state index contributed by atoms with van der Waals surface area (Å²) in [5.41, 5.74) is 2.91. The monoisotopic (exact) mass is 394 g/mol. The second kappa shape index (κ2) is 6.98. The number of rotatable bonds is 5. The Hall–Kier alpha value is -2.97. The summed E-state index contributed by atoms with van der Waals surface area (Å²) in [5, 5.41) is 8.17. The van der Waals surface area contributed by atoms with Gasteiger partial charge in [-0.1, -0.05) is 12.1 Å². The van der Waals surface area contributed by atoms with Crippen LogP contribution in [0.3, 0.4) is 0 Å². The number of anilines is 1. The summed E-state index contributed by atoms with van der Waals surface area (Å²) in [6.45, 7) is 0.864. The van der Waals surface area contributed by atoms with Crippen molar-refractivity contribution in [2.75, 3.05) is 12.1 Å². The molecule has 1 aliphatic rings. The Labute approximate surface area is 163 Å². The van der Waals surface area contributed by atoms with E-state index in [4.69, 9.17) is 14.5 Å². The highest BCUT2D eigenvalue weighted by Gasteiger charge is 2.15. The molecule has 0 fully saturated rings. The number of hydrogen-bond donors (Lipinski definition) is 1. The molecule has 4 aromatic rings. The molecule has 0 atom stereocenters. The van der Waals surface area contributed by atoms with Gasteiger partial charge in [-0.05, 0) is 29.1 Å². The van der Waals surface area contributed by atoms with Gasteiger partial charge in [-0.25, -0.2) is 15.0 Å². The van der Waals surface area contributed by atoms with Crippen molar-refractivity contribution < 1.29 is 9.47 Å². The molecule has 0 amide bonds. The van der Waals surface area contributed by atoms with Gasteiger partial charge in [-0.2, -0.15) is 0 Å². The minimum absolute atomic E-state index is 0.274. The number of benzene rings is 1. The van der Waals surface area contributed by atoms with Gasteiger partial charge in [-0.15, -0.1) is 22.7 Å². The van der Waals surface area contributed by atoms with Gasteiger partial charge >= 0.3 is 0 Å². The molecule has 0 saturated heterocycles. The van der Waals surface area contributed by atoms with E-state index in [0.717, 1.165) is 38.2 Å². The molecular weight excluding hydrogens is 380 g/mol. The third-order valence-electron chi connectivity index (χ3n) is 4.10. The average Bonchev–Trinajstić information content (AvgIpc) is 3.48. The van der Waals surface area contributed by atoms with Gasteiger partial charge in [0.2, 0.25) is 12.7 Å². The standard InChI is InChI=1S/C19H14N4O2S2/c1-2-16(26-6-1)13-10-22-19(23-17(13)18-20-5-7-27-18)21-9-12-3-4-14-15(8-12)25-11-24-14/h1-8,10H,9,11H2,(H,21,22,23). The van der Waals surface area contributed by atoms with Crippen LogP contribution in [0.1, 0.15) is 5.56 Å².